The molecule has 0 aliphatic carbocycles. The number of nitrogens with one attached hydrogen (secondary N) is 1. The molecule has 2 aromatic rings. The van der Waals surface area contributed by atoms with Crippen LogP contribution in [0.5, 0.6) is 5.75 Å². The van der Waals surface area contributed by atoms with Crippen LogP contribution in [0.2, 0.25) is 0 Å². The average Bonchev–Trinajstić information content (AvgIpc) is 2.45. The number of carbonyl (C=O) groups excluding carboxylic acids is 1. The third-order valence-electron chi connectivity index (χ3n) is 2.85. The molecule has 2 rings (SSSR count). The van der Waals surface area contributed by atoms with Crippen molar-refractivity contribution >= 4 is 23.0 Å². The maximum absolute atomic E-state index is 12.3. The van der Waals surface area contributed by atoms with Crippen LogP contribution in [0.4, 0.5) is 0 Å². The van der Waals surface area contributed by atoms with Gasteiger partial charge in [-0.2, -0.15) is 0 Å². The molecule has 0 saturated heterocycles. The molecular formula is C16H17NO4. The minimum Gasteiger partial charge on any atom is -0.497 e. The van der Waals surface area contributed by atoms with Crippen LogP contribution >= 0.6 is 0 Å². The lowest BCUT2D eigenvalue weighted by atomic mass is 10.1. The minimum absolute atomic E-state index is 0.0441. The first kappa shape index (κ1) is 14.8. The average molecular weight is 287 g/mol. The number of hydrogen-bond donors (Lipinski definition) is 1. The van der Waals surface area contributed by atoms with E-state index < -0.39 is 0 Å². The molecular weight excluding hydrogens is 270 g/mol. The second kappa shape index (κ2) is 6.26. The molecule has 21 heavy (non-hydrogen) atoms. The first-order valence-electron chi connectivity index (χ1n) is 6.59. The Morgan fingerprint density at radius 3 is 2.81 bits per heavy atom. The Bertz CT molecular complexity index is 744. The maximum Gasteiger partial charge on any atom is 0.244 e. The van der Waals surface area contributed by atoms with Gasteiger partial charge in [0.15, 0.2) is 5.43 Å². The van der Waals surface area contributed by atoms with Crippen LogP contribution in [0.15, 0.2) is 39.7 Å². The number of fused-ring (bicyclic) bond motifs is 1. The molecule has 5 nitrogen and oxygen atoms in total. The summed E-state index contributed by atoms with van der Waals surface area (Å²) >= 11 is 0. The zero-order valence-corrected chi connectivity index (χ0v) is 12.2. The van der Waals surface area contributed by atoms with Crippen molar-refractivity contribution in [2.75, 3.05) is 7.11 Å². The predicted molar refractivity (Wildman–Crippen MR) is 81.3 cm³/mol. The Balaban J connectivity index is 2.34. The van der Waals surface area contributed by atoms with Crippen molar-refractivity contribution in [2.45, 2.75) is 19.9 Å². The standard InChI is InChI=1S/C16H17NO4/c1-10(2)17-15(18)7-4-11-9-21-14-8-12(20-3)5-6-13(14)16(11)19/h4-10H,1-3H3,(H,17,18)/b7-4+. The Hall–Kier alpha value is -2.56. The Kier molecular flexibility index (Phi) is 4.42. The highest BCUT2D eigenvalue weighted by atomic mass is 16.5. The van der Waals surface area contributed by atoms with Crippen molar-refractivity contribution in [2.24, 2.45) is 0 Å². The van der Waals surface area contributed by atoms with Gasteiger partial charge in [-0.15, -0.1) is 0 Å². The number of carbonyl (C=O) groups is 1. The van der Waals surface area contributed by atoms with Crippen LogP contribution in [-0.4, -0.2) is 19.1 Å². The topological polar surface area (TPSA) is 68.5 Å². The number of ether oxygens (including phenoxy) is 1. The van der Waals surface area contributed by atoms with Crippen LogP contribution < -0.4 is 15.5 Å². The lowest BCUT2D eigenvalue weighted by molar-refractivity contribution is -0.116. The molecule has 0 atom stereocenters. The summed E-state index contributed by atoms with van der Waals surface area (Å²) in [6, 6.07) is 5.03. The Morgan fingerprint density at radius 1 is 1.38 bits per heavy atom. The summed E-state index contributed by atoms with van der Waals surface area (Å²) in [4.78, 5) is 23.8. The Morgan fingerprint density at radius 2 is 2.14 bits per heavy atom. The van der Waals surface area contributed by atoms with Gasteiger partial charge in [-0.25, -0.2) is 0 Å². The van der Waals surface area contributed by atoms with E-state index in [0.717, 1.165) is 0 Å². The molecule has 1 N–H and O–H groups in total. The third kappa shape index (κ3) is 3.51. The fourth-order valence-corrected chi connectivity index (χ4v) is 1.86. The molecule has 0 fully saturated rings. The zero-order valence-electron chi connectivity index (χ0n) is 12.2. The molecule has 5 heteroatoms. The van der Waals surface area contributed by atoms with Crippen LogP contribution in [0, 0.1) is 0 Å². The zero-order chi connectivity index (χ0) is 15.4. The van der Waals surface area contributed by atoms with Crippen molar-refractivity contribution in [1.29, 1.82) is 0 Å². The largest absolute Gasteiger partial charge is 0.497 e. The highest BCUT2D eigenvalue weighted by Crippen LogP contribution is 2.18. The van der Waals surface area contributed by atoms with Gasteiger partial charge in [0.25, 0.3) is 0 Å². The SMILES string of the molecule is COc1ccc2c(=O)c(/C=C/C(=O)NC(C)C)coc2c1. The van der Waals surface area contributed by atoms with E-state index in [-0.39, 0.29) is 17.4 Å². The normalized spacial score (nSPS) is 11.2. The molecule has 0 aliphatic heterocycles. The first-order chi connectivity index (χ1) is 10.0. The van der Waals surface area contributed by atoms with Gasteiger partial charge in [0, 0.05) is 18.2 Å². The van der Waals surface area contributed by atoms with Gasteiger partial charge in [-0.05, 0) is 32.1 Å². The van der Waals surface area contributed by atoms with Crippen LogP contribution in [0.3, 0.4) is 0 Å². The summed E-state index contributed by atoms with van der Waals surface area (Å²) in [7, 11) is 1.55. The monoisotopic (exact) mass is 287 g/mol. The molecule has 0 radical (unpaired) electrons. The second-order valence-electron chi connectivity index (χ2n) is 4.88. The first-order valence-corrected chi connectivity index (χ1v) is 6.59. The highest BCUT2D eigenvalue weighted by Gasteiger charge is 2.06. The van der Waals surface area contributed by atoms with Crippen molar-refractivity contribution in [3.8, 4) is 5.75 Å². The summed E-state index contributed by atoms with van der Waals surface area (Å²) in [5.41, 5.74) is 0.585. The molecule has 1 aromatic heterocycles. The summed E-state index contributed by atoms with van der Waals surface area (Å²) in [5, 5.41) is 3.16. The summed E-state index contributed by atoms with van der Waals surface area (Å²) in [6.07, 6.45) is 4.11. The molecule has 1 heterocycles. The smallest absolute Gasteiger partial charge is 0.244 e. The van der Waals surface area contributed by atoms with E-state index in [4.69, 9.17) is 9.15 Å². The van der Waals surface area contributed by atoms with E-state index in [2.05, 4.69) is 5.32 Å². The van der Waals surface area contributed by atoms with Gasteiger partial charge < -0.3 is 14.5 Å². The predicted octanol–water partition coefficient (Wildman–Crippen LogP) is 2.34. The molecule has 110 valence electrons. The fourth-order valence-electron chi connectivity index (χ4n) is 1.86. The minimum atomic E-state index is -0.251. The van der Waals surface area contributed by atoms with Crippen molar-refractivity contribution in [1.82, 2.24) is 5.32 Å². The van der Waals surface area contributed by atoms with E-state index in [0.29, 0.717) is 22.3 Å². The van der Waals surface area contributed by atoms with E-state index >= 15 is 0 Å². The van der Waals surface area contributed by atoms with Gasteiger partial charge in [0.2, 0.25) is 5.91 Å². The lowest BCUT2D eigenvalue weighted by Gasteiger charge is -2.04. The van der Waals surface area contributed by atoms with E-state index in [9.17, 15) is 9.59 Å². The van der Waals surface area contributed by atoms with Crippen LogP contribution in [0.25, 0.3) is 17.0 Å². The lowest BCUT2D eigenvalue weighted by Crippen LogP contribution is -2.28. The quantitative estimate of drug-likeness (QED) is 0.876. The number of benzene rings is 1. The summed E-state index contributed by atoms with van der Waals surface area (Å²) in [6.45, 7) is 3.73. The van der Waals surface area contributed by atoms with Crippen molar-refractivity contribution in [3.05, 3.63) is 46.3 Å². The van der Waals surface area contributed by atoms with Gasteiger partial charge in [0.1, 0.15) is 17.6 Å². The van der Waals surface area contributed by atoms with Crippen molar-refractivity contribution in [3.63, 3.8) is 0 Å². The fraction of sp³-hybridized carbons (Fsp3) is 0.250. The molecule has 0 aliphatic rings. The van der Waals surface area contributed by atoms with Crippen LogP contribution in [-0.2, 0) is 4.79 Å². The van der Waals surface area contributed by atoms with Gasteiger partial charge >= 0.3 is 0 Å². The van der Waals surface area contributed by atoms with Gasteiger partial charge in [-0.3, -0.25) is 9.59 Å². The highest BCUT2D eigenvalue weighted by molar-refractivity contribution is 5.92. The van der Waals surface area contributed by atoms with Gasteiger partial charge in [0.05, 0.1) is 18.1 Å². The molecule has 0 bridgehead atoms. The Labute approximate surface area is 122 Å². The molecule has 1 aromatic carbocycles. The van der Waals surface area contributed by atoms with E-state index in [1.165, 1.54) is 18.4 Å². The number of methoxy groups -OCH3 is 1. The molecule has 0 unspecified atom stereocenters. The maximum atomic E-state index is 12.3. The molecule has 0 saturated carbocycles. The van der Waals surface area contributed by atoms with Crippen LogP contribution in [0.1, 0.15) is 19.4 Å². The summed E-state index contributed by atoms with van der Waals surface area (Å²) in [5.74, 6) is 0.365. The van der Waals surface area contributed by atoms with E-state index in [1.54, 1.807) is 25.3 Å². The molecule has 1 amide bonds. The second-order valence-corrected chi connectivity index (χ2v) is 4.88. The van der Waals surface area contributed by atoms with Crippen molar-refractivity contribution < 1.29 is 13.9 Å². The number of amides is 1. The van der Waals surface area contributed by atoms with E-state index in [1.807, 2.05) is 13.8 Å². The third-order valence-corrected chi connectivity index (χ3v) is 2.85. The number of hydrogen-bond acceptors (Lipinski definition) is 4. The summed E-state index contributed by atoms with van der Waals surface area (Å²) < 4.78 is 10.5. The van der Waals surface area contributed by atoms with Gasteiger partial charge in [-0.1, -0.05) is 0 Å². The molecule has 0 spiro atoms. The number of rotatable bonds is 4.